The van der Waals surface area contributed by atoms with E-state index in [1.54, 1.807) is 13.1 Å². The van der Waals surface area contributed by atoms with Gasteiger partial charge in [0.15, 0.2) is 5.82 Å². The van der Waals surface area contributed by atoms with Crippen LogP contribution >= 0.6 is 26.6 Å². The Morgan fingerprint density at radius 2 is 2.06 bits per heavy atom. The van der Waals surface area contributed by atoms with Crippen LogP contribution in [-0.2, 0) is 16.1 Å². The van der Waals surface area contributed by atoms with Crippen LogP contribution < -0.4 is 0 Å². The molecule has 0 atom stereocenters. The van der Waals surface area contributed by atoms with Gasteiger partial charge in [0.05, 0.1) is 0 Å². The largest absolute Gasteiger partial charge is 0.300 e. The maximum absolute atomic E-state index is 11.2. The predicted molar refractivity (Wildman–Crippen MR) is 67.2 cm³/mol. The van der Waals surface area contributed by atoms with E-state index in [1.807, 2.05) is 18.2 Å². The Morgan fingerprint density at radius 3 is 2.59 bits per heavy atom. The third-order valence-corrected chi connectivity index (χ3v) is 3.83. The third kappa shape index (κ3) is 2.51. The zero-order valence-electron chi connectivity index (χ0n) is 8.63. The van der Waals surface area contributed by atoms with E-state index in [9.17, 15) is 8.42 Å². The lowest BCUT2D eigenvalue weighted by molar-refractivity contribution is 0.593. The van der Waals surface area contributed by atoms with Crippen LogP contribution in [0.5, 0.6) is 0 Å². The zero-order chi connectivity index (χ0) is 12.6. The van der Waals surface area contributed by atoms with E-state index in [0.717, 1.165) is 10.0 Å². The summed E-state index contributed by atoms with van der Waals surface area (Å²) in [6, 6.07) is 7.30. The molecule has 0 N–H and O–H groups in total. The predicted octanol–water partition coefficient (Wildman–Crippen LogP) is 2.17. The summed E-state index contributed by atoms with van der Waals surface area (Å²) < 4.78 is 24.6. The molecule has 2 aromatic rings. The van der Waals surface area contributed by atoms with Gasteiger partial charge in [-0.05, 0) is 12.1 Å². The highest BCUT2D eigenvalue weighted by Crippen LogP contribution is 2.23. The van der Waals surface area contributed by atoms with Crippen LogP contribution in [0.2, 0.25) is 0 Å². The average Bonchev–Trinajstić information content (AvgIpc) is 2.59. The molecule has 0 aliphatic rings. The molecule has 1 heterocycles. The highest BCUT2D eigenvalue weighted by atomic mass is 79.9. The second-order valence-corrected chi connectivity index (χ2v) is 6.69. The van der Waals surface area contributed by atoms with Crippen molar-refractivity contribution in [1.29, 1.82) is 0 Å². The minimum absolute atomic E-state index is 0.269. The van der Waals surface area contributed by atoms with E-state index in [1.165, 1.54) is 4.57 Å². The maximum Gasteiger partial charge on any atom is 0.296 e. The van der Waals surface area contributed by atoms with Crippen molar-refractivity contribution in [2.45, 2.75) is 5.16 Å². The number of benzene rings is 1. The van der Waals surface area contributed by atoms with Gasteiger partial charge in [-0.15, -0.1) is 10.2 Å². The highest BCUT2D eigenvalue weighted by molar-refractivity contribution is 9.10. The lowest BCUT2D eigenvalue weighted by Crippen LogP contribution is -2.02. The Balaban J connectivity index is 2.60. The monoisotopic (exact) mass is 335 g/mol. The molecule has 1 aromatic heterocycles. The van der Waals surface area contributed by atoms with Crippen LogP contribution in [-0.4, -0.2) is 23.2 Å². The smallest absolute Gasteiger partial charge is 0.296 e. The van der Waals surface area contributed by atoms with Crippen molar-refractivity contribution < 1.29 is 8.42 Å². The molecule has 0 aliphatic heterocycles. The van der Waals surface area contributed by atoms with Crippen molar-refractivity contribution in [2.24, 2.45) is 7.05 Å². The van der Waals surface area contributed by atoms with Crippen molar-refractivity contribution in [3.8, 4) is 11.4 Å². The summed E-state index contributed by atoms with van der Waals surface area (Å²) in [5, 5.41) is 7.12. The van der Waals surface area contributed by atoms with Crippen LogP contribution in [0.25, 0.3) is 11.4 Å². The molecule has 0 aliphatic carbocycles. The quantitative estimate of drug-likeness (QED) is 0.788. The van der Waals surface area contributed by atoms with E-state index in [2.05, 4.69) is 26.1 Å². The van der Waals surface area contributed by atoms with Crippen molar-refractivity contribution in [2.75, 3.05) is 0 Å². The van der Waals surface area contributed by atoms with Gasteiger partial charge in [-0.1, -0.05) is 28.1 Å². The average molecular weight is 337 g/mol. The van der Waals surface area contributed by atoms with E-state index in [4.69, 9.17) is 10.7 Å². The molecular weight excluding hydrogens is 330 g/mol. The van der Waals surface area contributed by atoms with Crippen LogP contribution in [0.1, 0.15) is 0 Å². The standard InChI is InChI=1S/C9H7BrClN3O2S/c1-14-8(6-3-2-4-7(10)5-6)12-13-9(14)17(11,15)16/h2-5H,1H3. The minimum atomic E-state index is -3.88. The Kier molecular flexibility index (Phi) is 3.24. The van der Waals surface area contributed by atoms with Gasteiger partial charge in [0.25, 0.3) is 14.2 Å². The number of nitrogens with zero attached hydrogens (tertiary/aromatic N) is 3. The molecular formula is C9H7BrClN3O2S. The summed E-state index contributed by atoms with van der Waals surface area (Å²) in [6.07, 6.45) is 0. The molecule has 0 saturated heterocycles. The maximum atomic E-state index is 11.2. The fourth-order valence-corrected chi connectivity index (χ4v) is 2.76. The van der Waals surface area contributed by atoms with E-state index < -0.39 is 9.05 Å². The van der Waals surface area contributed by atoms with Gasteiger partial charge in [-0.25, -0.2) is 8.42 Å². The second-order valence-electron chi connectivity index (χ2n) is 3.31. The molecule has 0 amide bonds. The Morgan fingerprint density at radius 1 is 1.35 bits per heavy atom. The molecule has 0 unspecified atom stereocenters. The van der Waals surface area contributed by atoms with Crippen LogP contribution in [0, 0.1) is 0 Å². The Bertz CT molecular complexity index is 669. The van der Waals surface area contributed by atoms with Gasteiger partial charge in [-0.2, -0.15) is 0 Å². The Hall–Kier alpha value is -0.920. The molecule has 17 heavy (non-hydrogen) atoms. The fourth-order valence-electron chi connectivity index (χ4n) is 1.41. The molecule has 0 spiro atoms. The molecule has 5 nitrogen and oxygen atoms in total. The number of rotatable bonds is 2. The molecule has 90 valence electrons. The fraction of sp³-hybridized carbons (Fsp3) is 0.111. The highest BCUT2D eigenvalue weighted by Gasteiger charge is 2.20. The summed E-state index contributed by atoms with van der Waals surface area (Å²) in [5.74, 6) is 0.436. The van der Waals surface area contributed by atoms with Crippen LogP contribution in [0.3, 0.4) is 0 Å². The first-order chi connectivity index (χ1) is 7.89. The molecule has 0 bridgehead atoms. The SMILES string of the molecule is Cn1c(-c2cccc(Br)c2)nnc1S(=O)(=O)Cl. The summed E-state index contributed by atoms with van der Waals surface area (Å²) in [6.45, 7) is 0. The van der Waals surface area contributed by atoms with Crippen molar-refractivity contribution in [3.05, 3.63) is 28.7 Å². The number of halogens is 2. The normalized spacial score (nSPS) is 11.7. The molecule has 2 rings (SSSR count). The van der Waals surface area contributed by atoms with Crippen LogP contribution in [0.4, 0.5) is 0 Å². The van der Waals surface area contributed by atoms with E-state index in [-0.39, 0.29) is 5.16 Å². The summed E-state index contributed by atoms with van der Waals surface area (Å²) >= 11 is 3.33. The Labute approximate surface area is 111 Å². The first-order valence-electron chi connectivity index (χ1n) is 4.49. The van der Waals surface area contributed by atoms with Gasteiger partial charge in [-0.3, -0.25) is 4.57 Å². The van der Waals surface area contributed by atoms with Crippen molar-refractivity contribution in [1.82, 2.24) is 14.8 Å². The molecule has 0 radical (unpaired) electrons. The van der Waals surface area contributed by atoms with Crippen LogP contribution in [0.15, 0.2) is 33.9 Å². The van der Waals surface area contributed by atoms with E-state index in [0.29, 0.717) is 5.82 Å². The van der Waals surface area contributed by atoms with Crippen molar-refractivity contribution in [3.63, 3.8) is 0 Å². The number of hydrogen-bond donors (Lipinski definition) is 0. The summed E-state index contributed by atoms with van der Waals surface area (Å²) in [7, 11) is 2.90. The summed E-state index contributed by atoms with van der Waals surface area (Å²) in [5.41, 5.74) is 0.751. The number of aromatic nitrogens is 3. The molecule has 1 aromatic carbocycles. The first-order valence-corrected chi connectivity index (χ1v) is 7.60. The molecule has 0 saturated carbocycles. The molecule has 0 fully saturated rings. The third-order valence-electron chi connectivity index (χ3n) is 2.14. The summed E-state index contributed by atoms with van der Waals surface area (Å²) in [4.78, 5) is 0. The molecule has 8 heteroatoms. The van der Waals surface area contributed by atoms with Gasteiger partial charge >= 0.3 is 0 Å². The lowest BCUT2D eigenvalue weighted by atomic mass is 10.2. The zero-order valence-corrected chi connectivity index (χ0v) is 11.8. The van der Waals surface area contributed by atoms with Gasteiger partial charge in [0.2, 0.25) is 0 Å². The second kappa shape index (κ2) is 4.40. The van der Waals surface area contributed by atoms with Gasteiger partial charge in [0.1, 0.15) is 0 Å². The topological polar surface area (TPSA) is 64.8 Å². The van der Waals surface area contributed by atoms with Gasteiger partial charge in [0, 0.05) is 27.8 Å². The van der Waals surface area contributed by atoms with Gasteiger partial charge < -0.3 is 0 Å². The van der Waals surface area contributed by atoms with Crippen molar-refractivity contribution >= 4 is 35.7 Å². The van der Waals surface area contributed by atoms with E-state index >= 15 is 0 Å². The lowest BCUT2D eigenvalue weighted by Gasteiger charge is -2.02. The number of hydrogen-bond acceptors (Lipinski definition) is 4. The minimum Gasteiger partial charge on any atom is -0.300 e. The first kappa shape index (κ1) is 12.5.